The standard InChI is InChI=1S/C25H32N4O3S/c1-3-18(2)16-22(30)28-12-8-19(9-13-28)25(20-6-4-11-26-17-20)23(31)29(24(32)27-25)14-10-21-7-5-15-33-21/h4-7,11,15,17-19H,3,8-10,12-14,16H2,1-2H3,(H,27,32)/t18-,25+/m0/s1. The molecule has 2 fully saturated rings. The van der Waals surface area contributed by atoms with Crippen LogP contribution in [-0.4, -0.2) is 52.3 Å². The number of carbonyl (C=O) groups excluding carboxylic acids is 3. The molecule has 0 spiro atoms. The highest BCUT2D eigenvalue weighted by atomic mass is 32.1. The third-order valence-corrected chi connectivity index (χ3v) is 8.03. The number of imide groups is 1. The van der Waals surface area contributed by atoms with E-state index in [-0.39, 0.29) is 23.8 Å². The van der Waals surface area contributed by atoms with E-state index in [1.54, 1.807) is 29.8 Å². The molecule has 2 atom stereocenters. The fourth-order valence-electron chi connectivity index (χ4n) is 4.91. The number of pyridine rings is 1. The molecule has 2 aromatic heterocycles. The summed E-state index contributed by atoms with van der Waals surface area (Å²) in [4.78, 5) is 48.2. The molecule has 0 aliphatic carbocycles. The van der Waals surface area contributed by atoms with Crippen LogP contribution < -0.4 is 5.32 Å². The summed E-state index contributed by atoms with van der Waals surface area (Å²) in [5.41, 5.74) is -0.418. The Morgan fingerprint density at radius 3 is 2.70 bits per heavy atom. The molecular weight excluding hydrogens is 436 g/mol. The minimum absolute atomic E-state index is 0.0995. The van der Waals surface area contributed by atoms with Crippen molar-refractivity contribution in [2.24, 2.45) is 11.8 Å². The third kappa shape index (κ3) is 4.67. The maximum absolute atomic E-state index is 13.8. The van der Waals surface area contributed by atoms with E-state index in [1.165, 1.54) is 4.90 Å². The second kappa shape index (κ2) is 10.0. The van der Waals surface area contributed by atoms with Crippen LogP contribution in [0.15, 0.2) is 42.0 Å². The maximum Gasteiger partial charge on any atom is 0.325 e. The first-order valence-electron chi connectivity index (χ1n) is 11.8. The van der Waals surface area contributed by atoms with E-state index in [4.69, 9.17) is 0 Å². The predicted molar refractivity (Wildman–Crippen MR) is 128 cm³/mol. The molecule has 0 bridgehead atoms. The van der Waals surface area contributed by atoms with Crippen LogP contribution >= 0.6 is 11.3 Å². The van der Waals surface area contributed by atoms with Crippen molar-refractivity contribution in [3.8, 4) is 0 Å². The van der Waals surface area contributed by atoms with Gasteiger partial charge in [0.25, 0.3) is 5.91 Å². The average Bonchev–Trinajstić information content (AvgIpc) is 3.45. The first-order valence-corrected chi connectivity index (χ1v) is 12.7. The third-order valence-electron chi connectivity index (χ3n) is 7.09. The van der Waals surface area contributed by atoms with E-state index >= 15 is 0 Å². The smallest absolute Gasteiger partial charge is 0.325 e. The van der Waals surface area contributed by atoms with Crippen LogP contribution in [0.1, 0.15) is 50.0 Å². The van der Waals surface area contributed by atoms with E-state index in [0.717, 1.165) is 11.3 Å². The zero-order chi connectivity index (χ0) is 23.4. The van der Waals surface area contributed by atoms with Gasteiger partial charge in [-0.15, -0.1) is 11.3 Å². The van der Waals surface area contributed by atoms with Crippen LogP contribution in [0.3, 0.4) is 0 Å². The molecule has 0 aromatic carbocycles. The summed E-state index contributed by atoms with van der Waals surface area (Å²) in [5.74, 6) is 0.237. The number of nitrogens with one attached hydrogen (secondary N) is 1. The lowest BCUT2D eigenvalue weighted by Gasteiger charge is -2.41. The minimum atomic E-state index is -1.13. The molecule has 33 heavy (non-hydrogen) atoms. The van der Waals surface area contributed by atoms with Crippen molar-refractivity contribution in [1.29, 1.82) is 0 Å². The summed E-state index contributed by atoms with van der Waals surface area (Å²) in [5, 5.41) is 5.06. The molecule has 1 N–H and O–H groups in total. The highest BCUT2D eigenvalue weighted by Gasteiger charge is 2.57. The van der Waals surface area contributed by atoms with Gasteiger partial charge in [0, 0.05) is 48.9 Å². The molecule has 2 aliphatic rings. The van der Waals surface area contributed by atoms with Crippen LogP contribution in [0.2, 0.25) is 0 Å². The number of rotatable bonds is 8. The van der Waals surface area contributed by atoms with Gasteiger partial charge in [0.15, 0.2) is 5.54 Å². The van der Waals surface area contributed by atoms with Gasteiger partial charge in [-0.2, -0.15) is 0 Å². The molecule has 4 amide bonds. The largest absolute Gasteiger partial charge is 0.343 e. The lowest BCUT2D eigenvalue weighted by molar-refractivity contribution is -0.136. The first-order chi connectivity index (χ1) is 16.0. The summed E-state index contributed by atoms with van der Waals surface area (Å²) in [6.45, 7) is 5.74. The monoisotopic (exact) mass is 468 g/mol. The zero-order valence-electron chi connectivity index (χ0n) is 19.3. The van der Waals surface area contributed by atoms with E-state index in [9.17, 15) is 14.4 Å². The van der Waals surface area contributed by atoms with Crippen molar-refractivity contribution in [2.75, 3.05) is 19.6 Å². The lowest BCUT2D eigenvalue weighted by Crippen LogP contribution is -2.54. The van der Waals surface area contributed by atoms with Crippen LogP contribution in [0.5, 0.6) is 0 Å². The highest BCUT2D eigenvalue weighted by Crippen LogP contribution is 2.41. The maximum atomic E-state index is 13.8. The number of amides is 4. The van der Waals surface area contributed by atoms with E-state index in [1.807, 2.05) is 28.5 Å². The Labute approximate surface area is 199 Å². The van der Waals surface area contributed by atoms with E-state index < -0.39 is 5.54 Å². The van der Waals surface area contributed by atoms with Gasteiger partial charge in [-0.25, -0.2) is 4.79 Å². The molecule has 2 aliphatic heterocycles. The molecule has 0 unspecified atom stereocenters. The average molecular weight is 469 g/mol. The first kappa shape index (κ1) is 23.4. The number of piperidine rings is 1. The molecule has 2 saturated heterocycles. The molecule has 0 radical (unpaired) electrons. The molecule has 4 rings (SSSR count). The van der Waals surface area contributed by atoms with Gasteiger partial charge >= 0.3 is 6.03 Å². The van der Waals surface area contributed by atoms with Crippen molar-refractivity contribution in [1.82, 2.24) is 20.1 Å². The second-order valence-electron chi connectivity index (χ2n) is 9.14. The molecule has 0 saturated carbocycles. The van der Waals surface area contributed by atoms with Crippen LogP contribution in [-0.2, 0) is 21.5 Å². The molecular formula is C25H32N4O3S. The molecule has 176 valence electrons. The number of hydrogen-bond acceptors (Lipinski definition) is 5. The Morgan fingerprint density at radius 2 is 2.06 bits per heavy atom. The Balaban J connectivity index is 1.53. The summed E-state index contributed by atoms with van der Waals surface area (Å²) in [6, 6.07) is 7.31. The molecule has 8 heteroatoms. The van der Waals surface area contributed by atoms with Gasteiger partial charge in [-0.05, 0) is 48.6 Å². The van der Waals surface area contributed by atoms with Gasteiger partial charge in [0.05, 0.1) is 0 Å². The summed E-state index contributed by atoms with van der Waals surface area (Å²) in [7, 11) is 0. The normalized spacial score (nSPS) is 22.5. The van der Waals surface area contributed by atoms with E-state index in [2.05, 4.69) is 24.1 Å². The molecule has 2 aromatic rings. The Morgan fingerprint density at radius 1 is 1.27 bits per heavy atom. The number of likely N-dealkylation sites (tertiary alicyclic amines) is 1. The van der Waals surface area contributed by atoms with Crippen LogP contribution in [0, 0.1) is 11.8 Å². The zero-order valence-corrected chi connectivity index (χ0v) is 20.1. The number of hydrogen-bond donors (Lipinski definition) is 1. The minimum Gasteiger partial charge on any atom is -0.343 e. The lowest BCUT2D eigenvalue weighted by atomic mass is 9.73. The fourth-order valence-corrected chi connectivity index (χ4v) is 5.61. The van der Waals surface area contributed by atoms with Gasteiger partial charge in [-0.3, -0.25) is 19.5 Å². The Bertz CT molecular complexity index is 973. The van der Waals surface area contributed by atoms with Crippen molar-refractivity contribution < 1.29 is 14.4 Å². The van der Waals surface area contributed by atoms with Gasteiger partial charge < -0.3 is 10.2 Å². The number of thiophene rings is 1. The fraction of sp³-hybridized carbons (Fsp3) is 0.520. The molecule has 7 nitrogen and oxygen atoms in total. The number of urea groups is 1. The SMILES string of the molecule is CC[C@H](C)CC(=O)N1CCC([C@]2(c3cccnc3)NC(=O)N(CCc3cccs3)C2=O)CC1. The predicted octanol–water partition coefficient (Wildman–Crippen LogP) is 3.81. The van der Waals surface area contributed by atoms with Crippen LogP contribution in [0.4, 0.5) is 4.79 Å². The van der Waals surface area contributed by atoms with Crippen LogP contribution in [0.25, 0.3) is 0 Å². The summed E-state index contributed by atoms with van der Waals surface area (Å²) < 4.78 is 0. The topological polar surface area (TPSA) is 82.6 Å². The Hall–Kier alpha value is -2.74. The van der Waals surface area contributed by atoms with Crippen molar-refractivity contribution >= 4 is 29.2 Å². The highest BCUT2D eigenvalue weighted by molar-refractivity contribution is 7.09. The molecule has 4 heterocycles. The Kier molecular flexibility index (Phi) is 7.12. The number of carbonyl (C=O) groups is 3. The van der Waals surface area contributed by atoms with E-state index in [0.29, 0.717) is 56.8 Å². The van der Waals surface area contributed by atoms with Gasteiger partial charge in [0.2, 0.25) is 5.91 Å². The van der Waals surface area contributed by atoms with Crippen molar-refractivity contribution in [3.63, 3.8) is 0 Å². The second-order valence-corrected chi connectivity index (χ2v) is 10.2. The van der Waals surface area contributed by atoms with Gasteiger partial charge in [0.1, 0.15) is 0 Å². The quantitative estimate of drug-likeness (QED) is 0.598. The van der Waals surface area contributed by atoms with Gasteiger partial charge in [-0.1, -0.05) is 32.4 Å². The van der Waals surface area contributed by atoms with Crippen molar-refractivity contribution in [3.05, 3.63) is 52.5 Å². The number of nitrogens with zero attached hydrogens (tertiary/aromatic N) is 3. The summed E-state index contributed by atoms with van der Waals surface area (Å²) >= 11 is 1.62. The van der Waals surface area contributed by atoms with Crippen molar-refractivity contribution in [2.45, 2.75) is 51.5 Å². The number of aromatic nitrogens is 1. The summed E-state index contributed by atoms with van der Waals surface area (Å²) in [6.07, 6.45) is 6.85.